The molecule has 0 amide bonds. The standard InChI is InChI=1S/C38H42F3N5O2/c39-38(40,41)48-32-14-12-29(13-15-32)34-27-46(18-6-4-10-37(47)35-9-3-5-17-43-35)36-16-11-28(23-33(34)36)25-44-19-21-45(22-20-44)26-31-8-2-1-7-30(31)24-42/h1-2,7-8,11-16,23,27,35,43H,3-6,9-10,17-22,25-26H2. The van der Waals surface area contributed by atoms with Gasteiger partial charge in [-0.1, -0.05) is 42.8 Å². The molecule has 0 radical (unpaired) electrons. The average molecular weight is 658 g/mol. The maximum absolute atomic E-state index is 12.8. The maximum atomic E-state index is 12.8. The summed E-state index contributed by atoms with van der Waals surface area (Å²) in [4.78, 5) is 17.5. The van der Waals surface area contributed by atoms with Crippen LogP contribution in [0.5, 0.6) is 5.75 Å². The third-order valence-electron chi connectivity index (χ3n) is 9.52. The number of ketones is 1. The average Bonchev–Trinajstić information content (AvgIpc) is 3.45. The number of hydrogen-bond donors (Lipinski definition) is 1. The predicted molar refractivity (Wildman–Crippen MR) is 180 cm³/mol. The number of rotatable bonds is 12. The van der Waals surface area contributed by atoms with Gasteiger partial charge in [0.25, 0.3) is 0 Å². The zero-order valence-electron chi connectivity index (χ0n) is 27.1. The lowest BCUT2D eigenvalue weighted by Gasteiger charge is -2.35. The molecule has 2 aliphatic heterocycles. The lowest BCUT2D eigenvalue weighted by Crippen LogP contribution is -2.45. The van der Waals surface area contributed by atoms with Crippen molar-refractivity contribution in [2.75, 3.05) is 32.7 Å². The predicted octanol–water partition coefficient (Wildman–Crippen LogP) is 7.28. The highest BCUT2D eigenvalue weighted by molar-refractivity contribution is 5.96. The van der Waals surface area contributed by atoms with Gasteiger partial charge in [0.15, 0.2) is 0 Å². The van der Waals surface area contributed by atoms with Crippen LogP contribution in [-0.4, -0.2) is 65.3 Å². The fourth-order valence-corrected chi connectivity index (χ4v) is 6.95. The van der Waals surface area contributed by atoms with Crippen LogP contribution in [0, 0.1) is 11.3 Å². The Balaban J connectivity index is 1.15. The molecule has 2 fully saturated rings. The molecule has 1 unspecified atom stereocenters. The number of benzene rings is 3. The van der Waals surface area contributed by atoms with Crippen LogP contribution >= 0.6 is 0 Å². The van der Waals surface area contributed by atoms with Crippen molar-refractivity contribution in [1.82, 2.24) is 19.7 Å². The monoisotopic (exact) mass is 657 g/mol. The van der Waals surface area contributed by atoms with Crippen molar-refractivity contribution >= 4 is 16.7 Å². The number of aromatic nitrogens is 1. The summed E-state index contributed by atoms with van der Waals surface area (Å²) < 4.78 is 44.7. The molecule has 3 heterocycles. The second kappa shape index (κ2) is 15.4. The highest BCUT2D eigenvalue weighted by atomic mass is 19.4. The molecule has 0 spiro atoms. The molecule has 48 heavy (non-hydrogen) atoms. The number of aryl methyl sites for hydroxylation is 1. The fraction of sp³-hybridized carbons (Fsp3) is 0.421. The number of nitrogens with zero attached hydrogens (tertiary/aromatic N) is 4. The number of Topliss-reactive ketones (excluding diaryl/α,β-unsaturated/α-hetero) is 1. The minimum Gasteiger partial charge on any atom is -0.406 e. The second-order valence-corrected chi connectivity index (χ2v) is 12.9. The van der Waals surface area contributed by atoms with Gasteiger partial charge in [0.1, 0.15) is 11.5 Å². The van der Waals surface area contributed by atoms with Crippen molar-refractivity contribution in [1.29, 1.82) is 5.26 Å². The molecular weight excluding hydrogens is 615 g/mol. The summed E-state index contributed by atoms with van der Waals surface area (Å²) >= 11 is 0. The Kier molecular flexibility index (Phi) is 10.8. The number of ether oxygens (including phenoxy) is 1. The van der Waals surface area contributed by atoms with Gasteiger partial charge >= 0.3 is 6.36 Å². The SMILES string of the molecule is N#Cc1ccccc1CN1CCN(Cc2ccc3c(c2)c(-c2ccc(OC(F)(F)F)cc2)cn3CCCCC(=O)C2CCCCN2)CC1. The molecule has 252 valence electrons. The van der Waals surface area contributed by atoms with E-state index in [1.165, 1.54) is 17.7 Å². The van der Waals surface area contributed by atoms with Crippen LogP contribution in [0.2, 0.25) is 0 Å². The van der Waals surface area contributed by atoms with Gasteiger partial charge in [0, 0.05) is 74.9 Å². The lowest BCUT2D eigenvalue weighted by molar-refractivity contribution is -0.274. The first-order valence-corrected chi connectivity index (χ1v) is 16.9. The summed E-state index contributed by atoms with van der Waals surface area (Å²) in [5, 5.41) is 13.9. The van der Waals surface area contributed by atoms with E-state index in [4.69, 9.17) is 0 Å². The molecule has 6 rings (SSSR count). The summed E-state index contributed by atoms with van der Waals surface area (Å²) in [6.45, 7) is 6.86. The molecule has 1 aromatic heterocycles. The van der Waals surface area contributed by atoms with Gasteiger partial charge in [0.2, 0.25) is 0 Å². The zero-order valence-corrected chi connectivity index (χ0v) is 27.1. The number of nitrogens with one attached hydrogen (secondary N) is 1. The van der Waals surface area contributed by atoms with Gasteiger partial charge in [-0.2, -0.15) is 5.26 Å². The summed E-state index contributed by atoms with van der Waals surface area (Å²) in [5.74, 6) is 0.0504. The number of piperazine rings is 1. The highest BCUT2D eigenvalue weighted by Crippen LogP contribution is 2.34. The van der Waals surface area contributed by atoms with Crippen LogP contribution < -0.4 is 10.1 Å². The molecular formula is C38H42F3N5O2. The minimum atomic E-state index is -4.74. The maximum Gasteiger partial charge on any atom is 0.573 e. The number of nitriles is 1. The Hall–Kier alpha value is -4.17. The van der Waals surface area contributed by atoms with E-state index in [0.717, 1.165) is 118 Å². The van der Waals surface area contributed by atoms with E-state index in [-0.39, 0.29) is 11.8 Å². The van der Waals surface area contributed by atoms with Gasteiger partial charge < -0.3 is 14.6 Å². The van der Waals surface area contributed by atoms with E-state index in [1.54, 1.807) is 12.1 Å². The van der Waals surface area contributed by atoms with Crippen molar-refractivity contribution < 1.29 is 22.7 Å². The van der Waals surface area contributed by atoms with Crippen LogP contribution in [0.25, 0.3) is 22.0 Å². The number of fused-ring (bicyclic) bond motifs is 1. The second-order valence-electron chi connectivity index (χ2n) is 12.9. The topological polar surface area (TPSA) is 73.5 Å². The Bertz CT molecular complexity index is 1730. The van der Waals surface area contributed by atoms with Crippen LogP contribution in [0.15, 0.2) is 72.9 Å². The van der Waals surface area contributed by atoms with Crippen molar-refractivity contribution in [2.45, 2.75) is 70.6 Å². The van der Waals surface area contributed by atoms with Gasteiger partial charge in [0.05, 0.1) is 17.7 Å². The third-order valence-corrected chi connectivity index (χ3v) is 9.52. The highest BCUT2D eigenvalue weighted by Gasteiger charge is 2.31. The molecule has 1 N–H and O–H groups in total. The Morgan fingerprint density at radius 3 is 2.40 bits per heavy atom. The van der Waals surface area contributed by atoms with Gasteiger partial charge in [-0.25, -0.2) is 0 Å². The van der Waals surface area contributed by atoms with Crippen LogP contribution in [0.4, 0.5) is 13.2 Å². The molecule has 10 heteroatoms. The van der Waals surface area contributed by atoms with Crippen molar-refractivity contribution in [3.63, 3.8) is 0 Å². The van der Waals surface area contributed by atoms with E-state index in [2.05, 4.69) is 54.9 Å². The Morgan fingerprint density at radius 1 is 0.938 bits per heavy atom. The lowest BCUT2D eigenvalue weighted by atomic mass is 9.98. The molecule has 7 nitrogen and oxygen atoms in total. The van der Waals surface area contributed by atoms with E-state index in [0.29, 0.717) is 12.2 Å². The van der Waals surface area contributed by atoms with Gasteiger partial charge in [-0.3, -0.25) is 14.6 Å². The van der Waals surface area contributed by atoms with Crippen LogP contribution in [0.3, 0.4) is 0 Å². The largest absolute Gasteiger partial charge is 0.573 e. The number of halogens is 3. The van der Waals surface area contributed by atoms with E-state index in [9.17, 15) is 23.2 Å². The molecule has 2 aliphatic rings. The smallest absolute Gasteiger partial charge is 0.406 e. The summed E-state index contributed by atoms with van der Waals surface area (Å²) in [7, 11) is 0. The summed E-state index contributed by atoms with van der Waals surface area (Å²) in [6.07, 6.45) is 2.71. The van der Waals surface area contributed by atoms with E-state index < -0.39 is 6.36 Å². The number of unbranched alkanes of at least 4 members (excludes halogenated alkanes) is 1. The van der Waals surface area contributed by atoms with Crippen LogP contribution in [-0.2, 0) is 24.4 Å². The molecule has 4 aromatic rings. The van der Waals surface area contributed by atoms with Crippen molar-refractivity contribution in [3.8, 4) is 22.9 Å². The molecule has 3 aromatic carbocycles. The molecule has 1 atom stereocenters. The van der Waals surface area contributed by atoms with Crippen molar-refractivity contribution in [2.24, 2.45) is 0 Å². The van der Waals surface area contributed by atoms with Gasteiger partial charge in [-0.05, 0) is 79.3 Å². The van der Waals surface area contributed by atoms with Gasteiger partial charge in [-0.15, -0.1) is 13.2 Å². The quantitative estimate of drug-likeness (QED) is 0.162. The minimum absolute atomic E-state index is 0.0104. The van der Waals surface area contributed by atoms with Crippen molar-refractivity contribution in [3.05, 3.63) is 89.6 Å². The molecule has 0 bridgehead atoms. The number of carbonyl (C=O) groups is 1. The zero-order chi connectivity index (χ0) is 33.5. The fourth-order valence-electron chi connectivity index (χ4n) is 6.95. The molecule has 2 saturated heterocycles. The number of hydrogen-bond acceptors (Lipinski definition) is 6. The number of piperidine rings is 1. The Labute approximate surface area is 279 Å². The number of carbonyl (C=O) groups excluding carboxylic acids is 1. The summed E-state index contributed by atoms with van der Waals surface area (Å²) in [5.41, 5.74) is 5.78. The first-order valence-electron chi connectivity index (χ1n) is 16.9. The Morgan fingerprint density at radius 2 is 1.69 bits per heavy atom. The van der Waals surface area contributed by atoms with Crippen LogP contribution in [0.1, 0.15) is 55.2 Å². The third kappa shape index (κ3) is 8.64. The molecule has 0 aliphatic carbocycles. The number of alkyl halides is 3. The normalized spacial score (nSPS) is 17.8. The summed E-state index contributed by atoms with van der Waals surface area (Å²) in [6, 6.07) is 22.6. The molecule has 0 saturated carbocycles. The van der Waals surface area contributed by atoms with E-state index >= 15 is 0 Å². The first-order chi connectivity index (χ1) is 23.3. The van der Waals surface area contributed by atoms with E-state index in [1.807, 2.05) is 24.3 Å². The first kappa shape index (κ1) is 33.7.